The molecular formula is C10H18N2O4. The van der Waals surface area contributed by atoms with Gasteiger partial charge in [0, 0.05) is 13.1 Å². The summed E-state index contributed by atoms with van der Waals surface area (Å²) in [6, 6.07) is 0. The number of nitrogens with zero attached hydrogens (tertiary/aromatic N) is 1. The van der Waals surface area contributed by atoms with Gasteiger partial charge in [-0.1, -0.05) is 0 Å². The second-order valence-electron chi connectivity index (χ2n) is 4.39. The quantitative estimate of drug-likeness (QED) is 0.587. The molecule has 6 heteroatoms. The molecule has 1 heterocycles. The minimum Gasteiger partial charge on any atom is -0.467 e. The smallest absolute Gasteiger partial charge is 0.338 e. The lowest BCUT2D eigenvalue weighted by atomic mass is 10.1. The van der Waals surface area contributed by atoms with Gasteiger partial charge in [-0.2, -0.15) is 0 Å². The molecule has 1 fully saturated rings. The third-order valence-corrected chi connectivity index (χ3v) is 2.83. The zero-order chi connectivity index (χ0) is 12.3. The van der Waals surface area contributed by atoms with Crippen molar-refractivity contribution in [3.05, 3.63) is 0 Å². The van der Waals surface area contributed by atoms with E-state index in [1.54, 1.807) is 0 Å². The Morgan fingerprint density at radius 1 is 1.62 bits per heavy atom. The number of hydrogen-bond donors (Lipinski definition) is 2. The van der Waals surface area contributed by atoms with E-state index in [4.69, 9.17) is 5.73 Å². The summed E-state index contributed by atoms with van der Waals surface area (Å²) in [5.74, 6) is -1.19. The standard InChI is InChI=1S/C10H18N2O4/c1-10(15,9(14)16-2)6-12-4-3-7(5-12)8(11)13/h7,15H,3-6H2,1-2H3,(H2,11,13). The minimum absolute atomic E-state index is 0.156. The fraction of sp³-hybridized carbons (Fsp3) is 0.800. The molecule has 1 rings (SSSR count). The summed E-state index contributed by atoms with van der Waals surface area (Å²) in [6.07, 6.45) is 0.673. The van der Waals surface area contributed by atoms with E-state index in [0.717, 1.165) is 0 Å². The number of β-amino-alcohol motifs (C(OH)–C–C–N with tert-alkyl or cyclic N) is 1. The van der Waals surface area contributed by atoms with Gasteiger partial charge in [-0.3, -0.25) is 9.69 Å². The first kappa shape index (κ1) is 12.9. The second kappa shape index (κ2) is 4.80. The first-order valence-electron chi connectivity index (χ1n) is 5.19. The van der Waals surface area contributed by atoms with Crippen LogP contribution in [0.3, 0.4) is 0 Å². The van der Waals surface area contributed by atoms with E-state index in [9.17, 15) is 14.7 Å². The van der Waals surface area contributed by atoms with E-state index in [0.29, 0.717) is 19.5 Å². The molecule has 0 bridgehead atoms. The number of esters is 1. The van der Waals surface area contributed by atoms with Gasteiger partial charge in [-0.15, -0.1) is 0 Å². The Bertz CT molecular complexity index is 291. The third-order valence-electron chi connectivity index (χ3n) is 2.83. The van der Waals surface area contributed by atoms with E-state index in [2.05, 4.69) is 4.74 Å². The van der Waals surface area contributed by atoms with Crippen molar-refractivity contribution in [2.45, 2.75) is 18.9 Å². The van der Waals surface area contributed by atoms with E-state index in [-0.39, 0.29) is 18.4 Å². The summed E-state index contributed by atoms with van der Waals surface area (Å²) in [4.78, 5) is 24.0. The van der Waals surface area contributed by atoms with Gasteiger partial charge in [0.2, 0.25) is 5.91 Å². The molecule has 6 nitrogen and oxygen atoms in total. The molecule has 0 spiro atoms. The number of ether oxygens (including phenoxy) is 1. The molecule has 0 radical (unpaired) electrons. The fourth-order valence-corrected chi connectivity index (χ4v) is 1.93. The van der Waals surface area contributed by atoms with Crippen LogP contribution in [0.5, 0.6) is 0 Å². The van der Waals surface area contributed by atoms with Gasteiger partial charge in [-0.05, 0) is 19.9 Å². The van der Waals surface area contributed by atoms with Crippen molar-refractivity contribution in [3.63, 3.8) is 0 Å². The average molecular weight is 230 g/mol. The Morgan fingerprint density at radius 2 is 2.25 bits per heavy atom. The second-order valence-corrected chi connectivity index (χ2v) is 4.39. The molecule has 0 aromatic heterocycles. The van der Waals surface area contributed by atoms with Crippen molar-refractivity contribution in [3.8, 4) is 0 Å². The summed E-state index contributed by atoms with van der Waals surface area (Å²) in [5, 5.41) is 9.84. The molecule has 1 aliphatic heterocycles. The third kappa shape index (κ3) is 2.93. The predicted octanol–water partition coefficient (Wildman–Crippen LogP) is -1.28. The number of likely N-dealkylation sites (tertiary alicyclic amines) is 1. The van der Waals surface area contributed by atoms with Crippen molar-refractivity contribution >= 4 is 11.9 Å². The topological polar surface area (TPSA) is 92.9 Å². The van der Waals surface area contributed by atoms with Crippen LogP contribution in [0.15, 0.2) is 0 Å². The highest BCUT2D eigenvalue weighted by atomic mass is 16.5. The molecule has 1 aliphatic rings. The number of carbonyl (C=O) groups is 2. The largest absolute Gasteiger partial charge is 0.467 e. The summed E-state index contributed by atoms with van der Waals surface area (Å²) >= 11 is 0. The van der Waals surface area contributed by atoms with Gasteiger partial charge in [-0.25, -0.2) is 4.79 Å². The molecule has 0 aromatic rings. The summed E-state index contributed by atoms with van der Waals surface area (Å²) in [6.45, 7) is 2.70. The normalized spacial score (nSPS) is 25.1. The number of hydrogen-bond acceptors (Lipinski definition) is 5. The average Bonchev–Trinajstić information content (AvgIpc) is 2.64. The van der Waals surface area contributed by atoms with Crippen LogP contribution < -0.4 is 5.73 Å². The van der Waals surface area contributed by atoms with E-state index in [1.165, 1.54) is 14.0 Å². The Morgan fingerprint density at radius 3 is 2.69 bits per heavy atom. The van der Waals surface area contributed by atoms with Crippen LogP contribution in [0.4, 0.5) is 0 Å². The highest BCUT2D eigenvalue weighted by Crippen LogP contribution is 2.19. The van der Waals surface area contributed by atoms with Crippen LogP contribution in [-0.4, -0.2) is 54.2 Å². The number of nitrogens with two attached hydrogens (primary N) is 1. The van der Waals surface area contributed by atoms with Crippen LogP contribution in [-0.2, 0) is 14.3 Å². The SMILES string of the molecule is COC(=O)C(C)(O)CN1CCC(C(N)=O)C1. The Balaban J connectivity index is 2.50. The molecule has 0 aromatic carbocycles. The molecule has 0 aliphatic carbocycles. The zero-order valence-corrected chi connectivity index (χ0v) is 9.60. The molecule has 2 atom stereocenters. The number of amides is 1. The number of primary amides is 1. The number of methoxy groups -OCH3 is 1. The molecule has 1 saturated heterocycles. The van der Waals surface area contributed by atoms with E-state index in [1.807, 2.05) is 4.90 Å². The van der Waals surface area contributed by atoms with Crippen molar-refractivity contribution in [2.24, 2.45) is 11.7 Å². The highest BCUT2D eigenvalue weighted by Gasteiger charge is 2.37. The number of aliphatic hydroxyl groups is 1. The molecule has 16 heavy (non-hydrogen) atoms. The summed E-state index contributed by atoms with van der Waals surface area (Å²) < 4.78 is 4.49. The monoisotopic (exact) mass is 230 g/mol. The molecule has 3 N–H and O–H groups in total. The zero-order valence-electron chi connectivity index (χ0n) is 9.60. The first-order chi connectivity index (χ1) is 7.36. The first-order valence-corrected chi connectivity index (χ1v) is 5.19. The maximum atomic E-state index is 11.2. The van der Waals surface area contributed by atoms with Crippen LogP contribution in [0.1, 0.15) is 13.3 Å². The maximum Gasteiger partial charge on any atom is 0.338 e. The van der Waals surface area contributed by atoms with Crippen LogP contribution in [0.2, 0.25) is 0 Å². The van der Waals surface area contributed by atoms with Crippen molar-refractivity contribution in [1.82, 2.24) is 4.90 Å². The van der Waals surface area contributed by atoms with E-state index >= 15 is 0 Å². The Labute approximate surface area is 94.3 Å². The Kier molecular flexibility index (Phi) is 3.88. The molecular weight excluding hydrogens is 212 g/mol. The van der Waals surface area contributed by atoms with Crippen LogP contribution in [0, 0.1) is 5.92 Å². The number of rotatable bonds is 4. The van der Waals surface area contributed by atoms with E-state index < -0.39 is 11.6 Å². The van der Waals surface area contributed by atoms with Crippen molar-refractivity contribution < 1.29 is 19.4 Å². The molecule has 1 amide bonds. The molecule has 0 saturated carbocycles. The van der Waals surface area contributed by atoms with Crippen molar-refractivity contribution in [1.29, 1.82) is 0 Å². The van der Waals surface area contributed by atoms with Gasteiger partial charge < -0.3 is 15.6 Å². The number of carbonyl (C=O) groups excluding carboxylic acids is 2. The predicted molar refractivity (Wildman–Crippen MR) is 56.4 cm³/mol. The minimum atomic E-state index is -1.54. The lowest BCUT2D eigenvalue weighted by Gasteiger charge is -2.26. The van der Waals surface area contributed by atoms with Gasteiger partial charge in [0.05, 0.1) is 13.0 Å². The molecule has 2 unspecified atom stereocenters. The lowest BCUT2D eigenvalue weighted by Crippen LogP contribution is -2.47. The van der Waals surface area contributed by atoms with Gasteiger partial charge in [0.15, 0.2) is 5.60 Å². The van der Waals surface area contributed by atoms with Gasteiger partial charge >= 0.3 is 5.97 Å². The van der Waals surface area contributed by atoms with Gasteiger partial charge in [0.25, 0.3) is 0 Å². The maximum absolute atomic E-state index is 11.2. The fourth-order valence-electron chi connectivity index (χ4n) is 1.93. The molecule has 92 valence electrons. The Hall–Kier alpha value is -1.14. The summed E-state index contributed by atoms with van der Waals surface area (Å²) in [7, 11) is 1.23. The van der Waals surface area contributed by atoms with Gasteiger partial charge in [0.1, 0.15) is 0 Å². The van der Waals surface area contributed by atoms with Crippen molar-refractivity contribution in [2.75, 3.05) is 26.7 Å². The summed E-state index contributed by atoms with van der Waals surface area (Å²) in [5.41, 5.74) is 3.65. The highest BCUT2D eigenvalue weighted by molar-refractivity contribution is 5.79. The lowest BCUT2D eigenvalue weighted by molar-refractivity contribution is -0.162. The van der Waals surface area contributed by atoms with Crippen LogP contribution >= 0.6 is 0 Å². The van der Waals surface area contributed by atoms with Crippen LogP contribution in [0.25, 0.3) is 0 Å².